The van der Waals surface area contributed by atoms with Crippen molar-refractivity contribution < 1.29 is 32.5 Å². The number of alkyl halides is 3. The van der Waals surface area contributed by atoms with Crippen LogP contribution in [0.1, 0.15) is 36.8 Å². The van der Waals surface area contributed by atoms with Crippen molar-refractivity contribution in [1.29, 1.82) is 0 Å². The normalized spacial score (nSPS) is 26.0. The highest BCUT2D eigenvalue weighted by Crippen LogP contribution is 2.52. The average molecular weight is 531 g/mol. The third kappa shape index (κ3) is 6.22. The Morgan fingerprint density at radius 3 is 2.71 bits per heavy atom. The summed E-state index contributed by atoms with van der Waals surface area (Å²) >= 11 is 0. The zero-order chi connectivity index (χ0) is 27.4. The Bertz CT molecular complexity index is 1180. The van der Waals surface area contributed by atoms with Crippen molar-refractivity contribution in [2.75, 3.05) is 26.7 Å². The third-order valence-electron chi connectivity index (χ3n) is 7.61. The lowest BCUT2D eigenvalue weighted by Gasteiger charge is -2.58. The number of aliphatic hydroxyl groups is 1. The molecule has 2 aliphatic rings. The Kier molecular flexibility index (Phi) is 8.18. The van der Waals surface area contributed by atoms with Crippen molar-refractivity contribution in [3.8, 4) is 11.5 Å². The number of nitrogens with zero attached hydrogens (tertiary/aromatic N) is 1. The quantitative estimate of drug-likeness (QED) is 0.378. The maximum absolute atomic E-state index is 12.8. The number of benzene rings is 2. The molecule has 1 saturated heterocycles. The van der Waals surface area contributed by atoms with Gasteiger partial charge in [-0.2, -0.15) is 0 Å². The lowest BCUT2D eigenvalue weighted by Crippen LogP contribution is -2.67. The second kappa shape index (κ2) is 11.2. The second-order valence-corrected chi connectivity index (χ2v) is 10.0. The van der Waals surface area contributed by atoms with Crippen molar-refractivity contribution in [3.63, 3.8) is 0 Å². The van der Waals surface area contributed by atoms with E-state index in [-0.39, 0.29) is 17.7 Å². The number of rotatable bonds is 8. The molecular weight excluding hydrogens is 497 g/mol. The summed E-state index contributed by atoms with van der Waals surface area (Å²) in [5.74, 6) is 0.000640. The van der Waals surface area contributed by atoms with Crippen LogP contribution in [0.2, 0.25) is 0 Å². The first-order valence-corrected chi connectivity index (χ1v) is 12.6. The third-order valence-corrected chi connectivity index (χ3v) is 7.61. The maximum atomic E-state index is 12.8. The Morgan fingerprint density at radius 1 is 1.21 bits per heavy atom. The number of piperidine rings is 1. The predicted molar refractivity (Wildman–Crippen MR) is 139 cm³/mol. The van der Waals surface area contributed by atoms with Crippen LogP contribution in [-0.2, 0) is 10.2 Å². The van der Waals surface area contributed by atoms with Crippen LogP contribution >= 0.6 is 0 Å². The minimum absolute atomic E-state index is 0.190. The molecule has 1 aliphatic carbocycles. The average Bonchev–Trinajstić information content (AvgIpc) is 2.87. The molecule has 0 radical (unpaired) electrons. The topological polar surface area (TPSA) is 71.0 Å². The summed E-state index contributed by atoms with van der Waals surface area (Å²) in [6, 6.07) is 13.0. The molecule has 1 heterocycles. The van der Waals surface area contributed by atoms with Gasteiger partial charge >= 0.3 is 6.36 Å². The number of amides is 1. The van der Waals surface area contributed by atoms with Gasteiger partial charge in [-0.25, -0.2) is 0 Å². The molecule has 38 heavy (non-hydrogen) atoms. The van der Waals surface area contributed by atoms with Crippen LogP contribution < -0.4 is 14.8 Å². The molecular formula is C29H33F3N2O4. The smallest absolute Gasteiger partial charge is 0.497 e. The van der Waals surface area contributed by atoms with Crippen molar-refractivity contribution >= 4 is 12.0 Å². The number of hydrogen-bond donors (Lipinski definition) is 2. The zero-order valence-electron chi connectivity index (χ0n) is 21.3. The lowest BCUT2D eigenvalue weighted by molar-refractivity contribution is -0.274. The van der Waals surface area contributed by atoms with Gasteiger partial charge < -0.3 is 19.9 Å². The van der Waals surface area contributed by atoms with Gasteiger partial charge in [0.05, 0.1) is 12.7 Å². The molecule has 9 heteroatoms. The first-order valence-electron chi connectivity index (χ1n) is 12.6. The SMILES string of the molecule is C=CCN1CCC2(c3cccc(OC)c3)CC(NC(=O)C=Cc3cccc(OC(F)(F)F)c3)CCC2(O)C1. The summed E-state index contributed by atoms with van der Waals surface area (Å²) in [7, 11) is 1.61. The number of methoxy groups -OCH3 is 1. The van der Waals surface area contributed by atoms with Gasteiger partial charge in [0.2, 0.25) is 5.91 Å². The number of carbonyl (C=O) groups excluding carboxylic acids is 1. The van der Waals surface area contributed by atoms with E-state index in [2.05, 4.69) is 21.5 Å². The van der Waals surface area contributed by atoms with Gasteiger partial charge in [0.25, 0.3) is 0 Å². The summed E-state index contributed by atoms with van der Waals surface area (Å²) in [5.41, 5.74) is -0.185. The van der Waals surface area contributed by atoms with Crippen molar-refractivity contribution in [3.05, 3.63) is 78.4 Å². The minimum Gasteiger partial charge on any atom is -0.497 e. The van der Waals surface area contributed by atoms with E-state index in [0.717, 1.165) is 12.1 Å². The Hall–Kier alpha value is -3.30. The van der Waals surface area contributed by atoms with Crippen LogP contribution in [-0.4, -0.2) is 60.7 Å². The first-order chi connectivity index (χ1) is 18.1. The number of hydrogen-bond acceptors (Lipinski definition) is 5. The van der Waals surface area contributed by atoms with Gasteiger partial charge in [-0.3, -0.25) is 9.69 Å². The van der Waals surface area contributed by atoms with Crippen LogP contribution in [0.15, 0.2) is 67.3 Å². The van der Waals surface area contributed by atoms with Crippen LogP contribution in [0.3, 0.4) is 0 Å². The van der Waals surface area contributed by atoms with Gasteiger partial charge in [0.15, 0.2) is 0 Å². The standard InChI is InChI=1S/C29H33F3N2O4/c1-3-15-34-16-14-27(22-7-5-8-24(18-22)37-2)19-23(12-13-28(27,36)20-34)33-26(35)11-10-21-6-4-9-25(17-21)38-29(30,31)32/h3-11,17-18,23,36H,1,12-16,19-20H2,2H3,(H,33,35). The van der Waals surface area contributed by atoms with Gasteiger partial charge in [0.1, 0.15) is 11.5 Å². The molecule has 204 valence electrons. The number of likely N-dealkylation sites (tertiary alicyclic amines) is 1. The highest BCUT2D eigenvalue weighted by atomic mass is 19.4. The molecule has 6 nitrogen and oxygen atoms in total. The number of carbonyl (C=O) groups is 1. The zero-order valence-corrected chi connectivity index (χ0v) is 21.3. The largest absolute Gasteiger partial charge is 0.573 e. The monoisotopic (exact) mass is 530 g/mol. The van der Waals surface area contributed by atoms with Gasteiger partial charge in [-0.1, -0.05) is 30.3 Å². The molecule has 1 aliphatic heterocycles. The fourth-order valence-electron chi connectivity index (χ4n) is 5.88. The summed E-state index contributed by atoms with van der Waals surface area (Å²) in [6.45, 7) is 5.81. The van der Waals surface area contributed by atoms with Gasteiger partial charge in [0, 0.05) is 30.6 Å². The number of β-amino-alcohol motifs (C(OH)–C–C–N with tert-alkyl or cyclic N) is 1. The van der Waals surface area contributed by atoms with Crippen LogP contribution in [0.5, 0.6) is 11.5 Å². The molecule has 0 aromatic heterocycles. The van der Waals surface area contributed by atoms with Crippen molar-refractivity contribution in [1.82, 2.24) is 10.2 Å². The first kappa shape index (κ1) is 27.7. The minimum atomic E-state index is -4.79. The molecule has 3 unspecified atom stereocenters. The summed E-state index contributed by atoms with van der Waals surface area (Å²) in [6.07, 6.45) is 2.16. The molecule has 1 amide bonds. The molecule has 0 spiro atoms. The van der Waals surface area contributed by atoms with Gasteiger partial charge in [-0.05, 0) is 73.7 Å². The van der Waals surface area contributed by atoms with E-state index < -0.39 is 17.4 Å². The van der Waals surface area contributed by atoms with Crippen LogP contribution in [0, 0.1) is 0 Å². The molecule has 2 aromatic carbocycles. The molecule has 3 atom stereocenters. The Balaban J connectivity index is 1.51. The summed E-state index contributed by atoms with van der Waals surface area (Å²) in [4.78, 5) is 15.0. The van der Waals surface area contributed by atoms with Crippen molar-refractivity contribution in [2.45, 2.75) is 49.1 Å². The number of nitrogens with one attached hydrogen (secondary N) is 1. The molecule has 2 aromatic rings. The molecule has 0 bridgehead atoms. The molecule has 2 N–H and O–H groups in total. The highest BCUT2D eigenvalue weighted by molar-refractivity contribution is 5.92. The van der Waals surface area contributed by atoms with Gasteiger partial charge in [-0.15, -0.1) is 19.8 Å². The fourth-order valence-corrected chi connectivity index (χ4v) is 5.88. The van der Waals surface area contributed by atoms with Crippen LogP contribution in [0.25, 0.3) is 6.08 Å². The van der Waals surface area contributed by atoms with E-state index in [0.29, 0.717) is 50.1 Å². The molecule has 4 rings (SSSR count). The van der Waals surface area contributed by atoms with Crippen LogP contribution in [0.4, 0.5) is 13.2 Å². The maximum Gasteiger partial charge on any atom is 0.573 e. The molecule has 2 fully saturated rings. The fraction of sp³-hybridized carbons (Fsp3) is 0.414. The van der Waals surface area contributed by atoms with Crippen molar-refractivity contribution in [2.24, 2.45) is 0 Å². The summed E-state index contributed by atoms with van der Waals surface area (Å²) < 4.78 is 46.9. The lowest BCUT2D eigenvalue weighted by atomic mass is 9.55. The number of ether oxygens (including phenoxy) is 2. The van der Waals surface area contributed by atoms with E-state index in [4.69, 9.17) is 4.74 Å². The Labute approximate surface area is 220 Å². The van der Waals surface area contributed by atoms with E-state index in [1.807, 2.05) is 30.3 Å². The van der Waals surface area contributed by atoms with E-state index in [9.17, 15) is 23.1 Å². The number of halogens is 3. The molecule has 1 saturated carbocycles. The predicted octanol–water partition coefficient (Wildman–Crippen LogP) is 4.84. The second-order valence-electron chi connectivity index (χ2n) is 10.0. The highest BCUT2D eigenvalue weighted by Gasteiger charge is 2.57. The summed E-state index contributed by atoms with van der Waals surface area (Å²) in [5, 5.41) is 15.1. The van der Waals surface area contributed by atoms with E-state index in [1.54, 1.807) is 13.2 Å². The Morgan fingerprint density at radius 2 is 1.97 bits per heavy atom. The number of fused-ring (bicyclic) bond motifs is 1. The van der Waals surface area contributed by atoms with E-state index >= 15 is 0 Å². The van der Waals surface area contributed by atoms with E-state index in [1.165, 1.54) is 30.4 Å².